The second-order valence-corrected chi connectivity index (χ2v) is 7.11. The Morgan fingerprint density at radius 2 is 1.90 bits per heavy atom. The number of ether oxygens (including phenoxy) is 1. The predicted octanol–water partition coefficient (Wildman–Crippen LogP) is 5.79. The van der Waals surface area contributed by atoms with Crippen molar-refractivity contribution in [1.29, 1.82) is 0 Å². The van der Waals surface area contributed by atoms with Gasteiger partial charge in [0.15, 0.2) is 12.7 Å². The molecule has 3 nitrogen and oxygen atoms in total. The molecule has 2 aromatic heterocycles. The number of pyridine rings is 1. The van der Waals surface area contributed by atoms with E-state index < -0.39 is 0 Å². The molecule has 4 aromatic rings. The zero-order chi connectivity index (χ0) is 20.2. The predicted molar refractivity (Wildman–Crippen MR) is 120 cm³/mol. The number of aryl methyl sites for hydroxylation is 1. The number of hydrogen-bond donors (Lipinski definition) is 1. The number of fused-ring (bicyclic) bond motifs is 3. The summed E-state index contributed by atoms with van der Waals surface area (Å²) in [4.78, 5) is 3.58. The van der Waals surface area contributed by atoms with Crippen molar-refractivity contribution in [2.45, 2.75) is 20.1 Å². The molecule has 3 heteroatoms. The molecule has 4 rings (SSSR count). The molecule has 2 aromatic carbocycles. The Balaban J connectivity index is 1.66. The highest BCUT2D eigenvalue weighted by Gasteiger charge is 2.16. The molecular weight excluding hydrogens is 356 g/mol. The van der Waals surface area contributed by atoms with Gasteiger partial charge in [0.1, 0.15) is 17.9 Å². The summed E-state index contributed by atoms with van der Waals surface area (Å²) in [7, 11) is 0. The molecule has 0 atom stereocenters. The second-order valence-electron chi connectivity index (χ2n) is 7.11. The number of nitrogens with one attached hydrogen (secondary N) is 1. The van der Waals surface area contributed by atoms with Crippen LogP contribution in [-0.2, 0) is 13.2 Å². The Kier molecular flexibility index (Phi) is 5.30. The van der Waals surface area contributed by atoms with Gasteiger partial charge in [-0.15, -0.1) is 0 Å². The highest BCUT2D eigenvalue weighted by atomic mass is 16.5. The Hall–Kier alpha value is -3.59. The lowest BCUT2D eigenvalue weighted by atomic mass is 10.1. The maximum absolute atomic E-state index is 5.99. The maximum atomic E-state index is 5.99. The molecular formula is C26H25N2O+. The van der Waals surface area contributed by atoms with Crippen LogP contribution in [0.25, 0.3) is 21.8 Å². The van der Waals surface area contributed by atoms with Gasteiger partial charge in [-0.25, -0.2) is 0 Å². The lowest BCUT2D eigenvalue weighted by molar-refractivity contribution is -0.693. The Morgan fingerprint density at radius 3 is 2.66 bits per heavy atom. The van der Waals surface area contributed by atoms with E-state index in [0.29, 0.717) is 6.61 Å². The first kappa shape index (κ1) is 18.8. The minimum atomic E-state index is 0.561. The minimum Gasteiger partial charge on any atom is -0.489 e. The quantitative estimate of drug-likeness (QED) is 0.318. The van der Waals surface area contributed by atoms with Gasteiger partial charge in [0.2, 0.25) is 5.69 Å². The molecule has 0 bridgehead atoms. The van der Waals surface area contributed by atoms with Gasteiger partial charge in [-0.3, -0.25) is 0 Å². The fraction of sp³-hybridized carbons (Fsp3) is 0.115. The van der Waals surface area contributed by atoms with Crippen molar-refractivity contribution in [2.75, 3.05) is 0 Å². The molecule has 0 saturated carbocycles. The number of nitrogens with zero attached hydrogens (tertiary/aromatic N) is 1. The minimum absolute atomic E-state index is 0.561. The number of aromatic amines is 1. The van der Waals surface area contributed by atoms with E-state index in [1.54, 1.807) is 6.08 Å². The van der Waals surface area contributed by atoms with Crippen LogP contribution in [0, 0.1) is 6.92 Å². The van der Waals surface area contributed by atoms with Crippen LogP contribution in [0.2, 0.25) is 0 Å². The average Bonchev–Trinajstić information content (AvgIpc) is 3.13. The molecule has 0 fully saturated rings. The zero-order valence-electron chi connectivity index (χ0n) is 16.7. The third-order valence-electron chi connectivity index (χ3n) is 5.22. The van der Waals surface area contributed by atoms with Crippen LogP contribution >= 0.6 is 0 Å². The number of rotatable bonds is 7. The van der Waals surface area contributed by atoms with E-state index in [1.165, 1.54) is 16.5 Å². The zero-order valence-corrected chi connectivity index (χ0v) is 16.7. The third-order valence-corrected chi connectivity index (χ3v) is 5.22. The summed E-state index contributed by atoms with van der Waals surface area (Å²) in [6.45, 7) is 11.1. The largest absolute Gasteiger partial charge is 0.489 e. The van der Waals surface area contributed by atoms with Crippen molar-refractivity contribution in [3.8, 4) is 5.75 Å². The molecule has 144 valence electrons. The number of H-pyrrole nitrogens is 1. The van der Waals surface area contributed by atoms with Crippen molar-refractivity contribution in [1.82, 2.24) is 4.98 Å². The first-order valence-corrected chi connectivity index (χ1v) is 9.75. The van der Waals surface area contributed by atoms with Gasteiger partial charge in [-0.05, 0) is 17.7 Å². The monoisotopic (exact) mass is 381 g/mol. The number of allylic oxidation sites excluding steroid dienone is 4. The Bertz CT molecular complexity index is 1220. The van der Waals surface area contributed by atoms with Crippen molar-refractivity contribution in [3.63, 3.8) is 0 Å². The highest BCUT2D eigenvalue weighted by Crippen LogP contribution is 2.29. The van der Waals surface area contributed by atoms with Gasteiger partial charge in [0.25, 0.3) is 0 Å². The fourth-order valence-corrected chi connectivity index (χ4v) is 3.61. The van der Waals surface area contributed by atoms with Gasteiger partial charge in [-0.2, -0.15) is 4.57 Å². The summed E-state index contributed by atoms with van der Waals surface area (Å²) in [6, 6.07) is 18.6. The molecule has 0 radical (unpaired) electrons. The second kappa shape index (κ2) is 8.19. The Morgan fingerprint density at radius 1 is 1.07 bits per heavy atom. The fourth-order valence-electron chi connectivity index (χ4n) is 3.61. The normalized spacial score (nSPS) is 11.7. The van der Waals surface area contributed by atoms with Crippen LogP contribution in [0.5, 0.6) is 5.75 Å². The molecule has 1 N–H and O–H groups in total. The van der Waals surface area contributed by atoms with Gasteiger partial charge >= 0.3 is 0 Å². The summed E-state index contributed by atoms with van der Waals surface area (Å²) in [5.41, 5.74) is 5.69. The summed E-state index contributed by atoms with van der Waals surface area (Å²) in [6.07, 6.45) is 7.79. The molecule has 0 aliphatic rings. The van der Waals surface area contributed by atoms with Crippen LogP contribution in [-0.4, -0.2) is 4.98 Å². The standard InChI is InChI=1S/C26H24N2O/c1-4-9-20(5-2)17-28-15-14-24-23-13-12-22(16-25(23)27-26(24)19(28)3)29-18-21-10-7-6-8-11-21/h4-16H,1-2,17-18H2,3H3/p+1/b20-9+. The third kappa shape index (κ3) is 3.85. The van der Waals surface area contributed by atoms with E-state index in [2.05, 4.69) is 66.2 Å². The van der Waals surface area contributed by atoms with Crippen molar-refractivity contribution in [3.05, 3.63) is 109 Å². The summed E-state index contributed by atoms with van der Waals surface area (Å²) >= 11 is 0. The first-order chi connectivity index (χ1) is 14.2. The lowest BCUT2D eigenvalue weighted by Crippen LogP contribution is -2.37. The van der Waals surface area contributed by atoms with Gasteiger partial charge in [0.05, 0.1) is 5.52 Å². The molecule has 2 heterocycles. The molecule has 0 amide bonds. The van der Waals surface area contributed by atoms with Crippen LogP contribution in [0.15, 0.2) is 97.8 Å². The summed E-state index contributed by atoms with van der Waals surface area (Å²) in [5.74, 6) is 0.862. The van der Waals surface area contributed by atoms with Crippen molar-refractivity contribution < 1.29 is 9.30 Å². The van der Waals surface area contributed by atoms with E-state index in [9.17, 15) is 0 Å². The highest BCUT2D eigenvalue weighted by molar-refractivity contribution is 6.07. The first-order valence-electron chi connectivity index (χ1n) is 9.75. The van der Waals surface area contributed by atoms with E-state index >= 15 is 0 Å². The summed E-state index contributed by atoms with van der Waals surface area (Å²) in [5, 5.41) is 2.42. The van der Waals surface area contributed by atoms with Gasteiger partial charge in [0, 0.05) is 35.4 Å². The molecule has 0 spiro atoms. The summed E-state index contributed by atoms with van der Waals surface area (Å²) < 4.78 is 8.21. The van der Waals surface area contributed by atoms with Crippen LogP contribution in [0.1, 0.15) is 11.3 Å². The SMILES string of the molecule is C=C/C=C(\C=C)C[n+]1ccc2c([nH]c3cc(OCc4ccccc4)ccc32)c1C. The molecule has 0 aliphatic heterocycles. The van der Waals surface area contributed by atoms with Gasteiger partial charge < -0.3 is 9.72 Å². The van der Waals surface area contributed by atoms with E-state index in [-0.39, 0.29) is 0 Å². The van der Waals surface area contributed by atoms with Crippen LogP contribution in [0.3, 0.4) is 0 Å². The molecule has 0 saturated heterocycles. The van der Waals surface area contributed by atoms with Crippen molar-refractivity contribution >= 4 is 21.8 Å². The number of aromatic nitrogens is 2. The molecule has 29 heavy (non-hydrogen) atoms. The molecule has 0 unspecified atom stereocenters. The topological polar surface area (TPSA) is 28.9 Å². The van der Waals surface area contributed by atoms with Crippen molar-refractivity contribution in [2.24, 2.45) is 0 Å². The number of benzene rings is 2. The average molecular weight is 381 g/mol. The van der Waals surface area contributed by atoms with E-state index in [4.69, 9.17) is 4.74 Å². The smallest absolute Gasteiger partial charge is 0.202 e. The lowest BCUT2D eigenvalue weighted by Gasteiger charge is -2.06. The van der Waals surface area contributed by atoms with Crippen LogP contribution in [0.4, 0.5) is 0 Å². The molecule has 0 aliphatic carbocycles. The van der Waals surface area contributed by atoms with Crippen LogP contribution < -0.4 is 9.30 Å². The van der Waals surface area contributed by atoms with E-state index in [0.717, 1.165) is 34.5 Å². The Labute approximate surface area is 171 Å². The van der Waals surface area contributed by atoms with E-state index in [1.807, 2.05) is 36.4 Å². The maximum Gasteiger partial charge on any atom is 0.202 e. The van der Waals surface area contributed by atoms with Gasteiger partial charge in [-0.1, -0.05) is 61.7 Å². The number of hydrogen-bond acceptors (Lipinski definition) is 1.